The molecule has 1 aliphatic rings. The summed E-state index contributed by atoms with van der Waals surface area (Å²) in [5.74, 6) is -0.891. The Hall–Kier alpha value is -3.58. The minimum Gasteiger partial charge on any atom is -0.317 e. The molecule has 2 heterocycles. The van der Waals surface area contributed by atoms with Crippen LogP contribution in [0.25, 0.3) is 21.0 Å². The van der Waals surface area contributed by atoms with E-state index in [-0.39, 0.29) is 24.7 Å². The van der Waals surface area contributed by atoms with Gasteiger partial charge < -0.3 is 4.57 Å². The average Bonchev–Trinajstić information content (AvgIpc) is 3.32. The quantitative estimate of drug-likeness (QED) is 0.457. The summed E-state index contributed by atoms with van der Waals surface area (Å²) in [6.07, 6.45) is 0.404. The molecule has 3 aromatic carbocycles. The van der Waals surface area contributed by atoms with Gasteiger partial charge in [-0.05, 0) is 36.6 Å². The number of fused-ring (bicyclic) bond motifs is 3. The van der Waals surface area contributed by atoms with E-state index in [1.54, 1.807) is 24.3 Å². The number of thiazole rings is 1. The molecule has 0 radical (unpaired) electrons. The maximum Gasteiger partial charge on any atom is 0.279 e. The lowest BCUT2D eigenvalue weighted by molar-refractivity contribution is -0.121. The molecule has 1 aromatic heterocycles. The van der Waals surface area contributed by atoms with E-state index in [4.69, 9.17) is 0 Å². The first kappa shape index (κ1) is 19.4. The van der Waals surface area contributed by atoms with Gasteiger partial charge in [-0.2, -0.15) is 4.99 Å². The van der Waals surface area contributed by atoms with Crippen LogP contribution in [0.4, 0.5) is 5.69 Å². The predicted octanol–water partition coefficient (Wildman–Crippen LogP) is 4.27. The number of hydrogen-bond donors (Lipinski definition) is 0. The Morgan fingerprint density at radius 3 is 2.55 bits per heavy atom. The molecule has 0 N–H and O–H groups in total. The van der Waals surface area contributed by atoms with E-state index >= 15 is 0 Å². The van der Waals surface area contributed by atoms with Gasteiger partial charge >= 0.3 is 0 Å². The van der Waals surface area contributed by atoms with Crippen molar-refractivity contribution in [3.8, 4) is 0 Å². The fraction of sp³-hybridized carbons (Fsp3) is 0.167. The van der Waals surface area contributed by atoms with E-state index in [1.165, 1.54) is 11.3 Å². The second-order valence-corrected chi connectivity index (χ2v) is 8.33. The first-order valence-corrected chi connectivity index (χ1v) is 10.9. The summed E-state index contributed by atoms with van der Waals surface area (Å²) in [6.45, 7) is 2.71. The summed E-state index contributed by atoms with van der Waals surface area (Å²) in [5.41, 5.74) is 1.80. The van der Waals surface area contributed by atoms with E-state index in [2.05, 4.69) is 29.3 Å². The van der Waals surface area contributed by atoms with Gasteiger partial charge in [-0.1, -0.05) is 47.7 Å². The Morgan fingerprint density at radius 2 is 1.77 bits per heavy atom. The zero-order chi connectivity index (χ0) is 21.5. The van der Waals surface area contributed by atoms with Crippen LogP contribution in [0.2, 0.25) is 0 Å². The van der Waals surface area contributed by atoms with Gasteiger partial charge in [-0.15, -0.1) is 0 Å². The van der Waals surface area contributed by atoms with Crippen LogP contribution >= 0.6 is 11.3 Å². The lowest BCUT2D eigenvalue weighted by Crippen LogP contribution is -2.28. The minimum atomic E-state index is -0.404. The van der Waals surface area contributed by atoms with Crippen molar-refractivity contribution in [1.82, 2.24) is 4.57 Å². The number of benzene rings is 3. The van der Waals surface area contributed by atoms with Crippen LogP contribution in [0.15, 0.2) is 65.7 Å². The average molecular weight is 430 g/mol. The van der Waals surface area contributed by atoms with Gasteiger partial charge in [0.15, 0.2) is 4.80 Å². The summed E-state index contributed by atoms with van der Waals surface area (Å²) in [5, 5.41) is 2.28. The second-order valence-electron chi connectivity index (χ2n) is 7.35. The molecular formula is C24H19N3O3S. The van der Waals surface area contributed by atoms with E-state index in [1.807, 2.05) is 23.6 Å². The van der Waals surface area contributed by atoms with Gasteiger partial charge in [0.05, 0.1) is 15.9 Å². The molecule has 0 spiro atoms. The Morgan fingerprint density at radius 1 is 1.00 bits per heavy atom. The molecule has 31 heavy (non-hydrogen) atoms. The van der Waals surface area contributed by atoms with Crippen LogP contribution in [0.5, 0.6) is 0 Å². The molecule has 1 aliphatic heterocycles. The molecule has 3 amide bonds. The lowest BCUT2D eigenvalue weighted by Gasteiger charge is -2.14. The van der Waals surface area contributed by atoms with Crippen LogP contribution in [-0.4, -0.2) is 22.3 Å². The SMILES string of the molecule is CCn1c(=NC(=O)c2cccc(N3C(=O)CCC3=O)c2)sc2c3ccccc3ccc21. The van der Waals surface area contributed by atoms with E-state index in [0.29, 0.717) is 22.6 Å². The zero-order valence-corrected chi connectivity index (χ0v) is 17.7. The fourth-order valence-electron chi connectivity index (χ4n) is 3.98. The van der Waals surface area contributed by atoms with Gasteiger partial charge in [0.25, 0.3) is 5.91 Å². The lowest BCUT2D eigenvalue weighted by atomic mass is 10.1. The van der Waals surface area contributed by atoms with Crippen molar-refractivity contribution < 1.29 is 14.4 Å². The van der Waals surface area contributed by atoms with E-state index in [9.17, 15) is 14.4 Å². The largest absolute Gasteiger partial charge is 0.317 e. The highest BCUT2D eigenvalue weighted by molar-refractivity contribution is 7.17. The summed E-state index contributed by atoms with van der Waals surface area (Å²) >= 11 is 1.49. The third kappa shape index (κ3) is 3.27. The van der Waals surface area contributed by atoms with Crippen LogP contribution < -0.4 is 9.70 Å². The molecule has 7 heteroatoms. The monoisotopic (exact) mass is 429 g/mol. The third-order valence-corrected chi connectivity index (χ3v) is 6.62. The van der Waals surface area contributed by atoms with Crippen molar-refractivity contribution in [1.29, 1.82) is 0 Å². The molecule has 6 nitrogen and oxygen atoms in total. The normalized spacial score (nSPS) is 14.9. The van der Waals surface area contributed by atoms with Crippen LogP contribution in [0.3, 0.4) is 0 Å². The number of hydrogen-bond acceptors (Lipinski definition) is 4. The first-order valence-electron chi connectivity index (χ1n) is 10.1. The standard InChI is InChI=1S/C24H19N3O3S/c1-2-26-19-11-10-15-6-3-4-9-18(15)22(19)31-24(26)25-23(30)16-7-5-8-17(14-16)27-20(28)12-13-21(27)29/h3-11,14H,2,12-13H2,1H3. The number of carbonyl (C=O) groups excluding carboxylic acids is 3. The van der Waals surface area contributed by atoms with Crippen molar-refractivity contribution >= 4 is 55.7 Å². The van der Waals surface area contributed by atoms with Crippen LogP contribution in [0, 0.1) is 0 Å². The van der Waals surface area contributed by atoms with E-state index in [0.717, 1.165) is 25.9 Å². The van der Waals surface area contributed by atoms with Crippen LogP contribution in [0.1, 0.15) is 30.1 Å². The Balaban J connectivity index is 1.60. The summed E-state index contributed by atoms with van der Waals surface area (Å²) < 4.78 is 3.12. The molecular weight excluding hydrogens is 410 g/mol. The summed E-state index contributed by atoms with van der Waals surface area (Å²) in [7, 11) is 0. The van der Waals surface area contributed by atoms with Crippen molar-refractivity contribution in [3.63, 3.8) is 0 Å². The highest BCUT2D eigenvalue weighted by Gasteiger charge is 2.30. The van der Waals surface area contributed by atoms with E-state index < -0.39 is 5.91 Å². The number of rotatable bonds is 3. The number of carbonyl (C=O) groups is 3. The third-order valence-electron chi connectivity index (χ3n) is 5.49. The predicted molar refractivity (Wildman–Crippen MR) is 121 cm³/mol. The Kier molecular flexibility index (Phi) is 4.75. The second kappa shape index (κ2) is 7.59. The van der Waals surface area contributed by atoms with Gasteiger partial charge in [-0.3, -0.25) is 19.3 Å². The maximum absolute atomic E-state index is 13.0. The zero-order valence-electron chi connectivity index (χ0n) is 16.9. The van der Waals surface area contributed by atoms with Crippen molar-refractivity contribution in [3.05, 3.63) is 71.0 Å². The number of anilines is 1. The van der Waals surface area contributed by atoms with Gasteiger partial charge in [0.1, 0.15) is 0 Å². The van der Waals surface area contributed by atoms with Crippen LogP contribution in [-0.2, 0) is 16.1 Å². The smallest absolute Gasteiger partial charge is 0.279 e. The Bertz CT molecular complexity index is 1430. The fourth-order valence-corrected chi connectivity index (χ4v) is 5.21. The molecule has 0 atom stereocenters. The summed E-state index contributed by atoms with van der Waals surface area (Å²) in [4.78, 5) is 43.3. The van der Waals surface area contributed by atoms with Crippen molar-refractivity contribution in [2.75, 3.05) is 4.90 Å². The van der Waals surface area contributed by atoms with Crippen molar-refractivity contribution in [2.45, 2.75) is 26.3 Å². The molecule has 0 aliphatic carbocycles. The molecule has 4 aromatic rings. The molecule has 0 unspecified atom stereocenters. The minimum absolute atomic E-state index is 0.202. The number of aromatic nitrogens is 1. The maximum atomic E-state index is 13.0. The molecule has 0 bridgehead atoms. The topological polar surface area (TPSA) is 71.7 Å². The molecule has 5 rings (SSSR count). The number of aryl methyl sites for hydroxylation is 1. The van der Waals surface area contributed by atoms with Crippen molar-refractivity contribution in [2.24, 2.45) is 4.99 Å². The first-order chi connectivity index (χ1) is 15.1. The van der Waals surface area contributed by atoms with Gasteiger partial charge in [-0.25, -0.2) is 0 Å². The highest BCUT2D eigenvalue weighted by Crippen LogP contribution is 2.28. The Labute approximate surface area is 182 Å². The highest BCUT2D eigenvalue weighted by atomic mass is 32.1. The molecule has 154 valence electrons. The van der Waals surface area contributed by atoms with Gasteiger partial charge in [0, 0.05) is 30.3 Å². The molecule has 1 saturated heterocycles. The number of amides is 3. The number of imide groups is 1. The molecule has 0 saturated carbocycles. The van der Waals surface area contributed by atoms with Gasteiger partial charge in [0.2, 0.25) is 11.8 Å². The summed E-state index contributed by atoms with van der Waals surface area (Å²) in [6, 6.07) is 18.8. The number of nitrogens with zero attached hydrogens (tertiary/aromatic N) is 3. The molecule has 1 fully saturated rings.